The van der Waals surface area contributed by atoms with Gasteiger partial charge in [0.05, 0.1) is 18.0 Å². The van der Waals surface area contributed by atoms with Crippen LogP contribution in [0.15, 0.2) is 48.1 Å². The molecule has 226 valence electrons. The van der Waals surface area contributed by atoms with Gasteiger partial charge in [0.15, 0.2) is 0 Å². The van der Waals surface area contributed by atoms with Crippen LogP contribution in [0.1, 0.15) is 64.4 Å². The lowest BCUT2D eigenvalue weighted by molar-refractivity contribution is -0.131. The number of nitrogens with one attached hydrogen (secondary N) is 4. The summed E-state index contributed by atoms with van der Waals surface area (Å²) < 4.78 is 0. The van der Waals surface area contributed by atoms with Gasteiger partial charge >= 0.3 is 0 Å². The monoisotopic (exact) mass is 582 g/mol. The summed E-state index contributed by atoms with van der Waals surface area (Å²) in [7, 11) is 5.20. The van der Waals surface area contributed by atoms with E-state index in [1.54, 1.807) is 19.0 Å². The normalized spacial score (nSPS) is 24.4. The van der Waals surface area contributed by atoms with E-state index in [4.69, 9.17) is 5.73 Å². The predicted octanol–water partition coefficient (Wildman–Crippen LogP) is 1.99. The Hall–Kier alpha value is -4.36. The number of hydrogen-bond acceptors (Lipinski definition) is 7. The molecule has 5 atom stereocenters. The SMILES string of the molecule is C=C(NC)c1ccc2c(c1)CCc1cc(C(=O)NC)ccc1C2(C[C@@H](C)NCC(=O)N1C(C#N)C[C@@H]2CC21)/C(N)=N/NC. The van der Waals surface area contributed by atoms with E-state index in [9.17, 15) is 14.9 Å². The number of carbonyl (C=O) groups excluding carboxylic acids is 2. The number of benzene rings is 2. The van der Waals surface area contributed by atoms with Gasteiger partial charge in [0, 0.05) is 44.5 Å². The Balaban J connectivity index is 1.56. The first-order valence-electron chi connectivity index (χ1n) is 15.0. The van der Waals surface area contributed by atoms with Crippen LogP contribution in [0.2, 0.25) is 0 Å². The van der Waals surface area contributed by atoms with Gasteiger partial charge in [-0.3, -0.25) is 9.59 Å². The van der Waals surface area contributed by atoms with Gasteiger partial charge in [-0.25, -0.2) is 0 Å². The van der Waals surface area contributed by atoms with Crippen LogP contribution in [0.25, 0.3) is 5.70 Å². The number of hydrazone groups is 1. The van der Waals surface area contributed by atoms with Crippen LogP contribution in [0.3, 0.4) is 0 Å². The molecule has 5 rings (SSSR count). The molecule has 43 heavy (non-hydrogen) atoms. The highest BCUT2D eigenvalue weighted by molar-refractivity contribution is 5.98. The molecule has 0 bridgehead atoms. The predicted molar refractivity (Wildman–Crippen MR) is 168 cm³/mol. The van der Waals surface area contributed by atoms with Crippen LogP contribution in [0, 0.1) is 17.2 Å². The summed E-state index contributed by atoms with van der Waals surface area (Å²) >= 11 is 0. The number of fused-ring (bicyclic) bond motifs is 3. The van der Waals surface area contributed by atoms with Gasteiger partial charge in [-0.05, 0) is 91.0 Å². The standard InChI is InChI=1S/C33H42N8O2/c1-19(39-18-30(42)41-26(17-34)14-25-15-29(25)41)16-33(32(35)40-38-5)27-10-8-21(20(2)36-3)12-22(27)6-7-23-13-24(31(43)37-4)9-11-28(23)33/h8-13,19,25-26,29,36,38-39H,2,6-7,14-16,18H2,1,3-5H3,(H2,35,40)(H,37,43)/t19-,25-,26?,29?,33?/m1/s1. The van der Waals surface area contributed by atoms with Crippen LogP contribution in [0.4, 0.5) is 0 Å². The molecule has 3 unspecified atom stereocenters. The lowest BCUT2D eigenvalue weighted by Gasteiger charge is -2.38. The third kappa shape index (κ3) is 5.45. The Morgan fingerprint density at radius 2 is 1.74 bits per heavy atom. The maximum Gasteiger partial charge on any atom is 0.251 e. The fraction of sp³-hybridized carbons (Fsp3) is 0.455. The maximum absolute atomic E-state index is 13.3. The highest BCUT2D eigenvalue weighted by Gasteiger charge is 2.54. The molecule has 1 saturated carbocycles. The second kappa shape index (κ2) is 12.1. The molecule has 1 aliphatic heterocycles. The van der Waals surface area contributed by atoms with Crippen molar-refractivity contribution in [3.05, 3.63) is 76.4 Å². The van der Waals surface area contributed by atoms with E-state index in [1.807, 2.05) is 38.2 Å². The van der Waals surface area contributed by atoms with Crippen molar-refractivity contribution < 1.29 is 9.59 Å². The highest BCUT2D eigenvalue weighted by atomic mass is 16.2. The molecule has 2 aliphatic carbocycles. The molecule has 6 N–H and O–H groups in total. The number of nitrogens with zero attached hydrogens (tertiary/aromatic N) is 3. The molecule has 1 heterocycles. The lowest BCUT2D eigenvalue weighted by atomic mass is 9.67. The summed E-state index contributed by atoms with van der Waals surface area (Å²) in [6, 6.07) is 14.1. The zero-order valence-electron chi connectivity index (χ0n) is 25.5. The van der Waals surface area contributed by atoms with Crippen molar-refractivity contribution in [2.75, 3.05) is 27.7 Å². The van der Waals surface area contributed by atoms with Crippen molar-refractivity contribution in [1.82, 2.24) is 26.3 Å². The van der Waals surface area contributed by atoms with E-state index < -0.39 is 5.41 Å². The van der Waals surface area contributed by atoms with Crippen molar-refractivity contribution in [1.29, 1.82) is 5.26 Å². The van der Waals surface area contributed by atoms with Crippen molar-refractivity contribution in [2.45, 2.75) is 62.6 Å². The van der Waals surface area contributed by atoms with Gasteiger partial charge in [0.1, 0.15) is 11.9 Å². The fourth-order valence-electron chi connectivity index (χ4n) is 7.10. The Morgan fingerprint density at radius 1 is 1.09 bits per heavy atom. The number of piperidine rings is 1. The third-order valence-corrected chi connectivity index (χ3v) is 9.36. The summed E-state index contributed by atoms with van der Waals surface area (Å²) in [5, 5.41) is 23.5. The average molecular weight is 583 g/mol. The number of hydrogen-bond donors (Lipinski definition) is 5. The van der Waals surface area contributed by atoms with Crippen molar-refractivity contribution in [3.63, 3.8) is 0 Å². The summed E-state index contributed by atoms with van der Waals surface area (Å²) in [5.74, 6) is 0.677. The topological polar surface area (TPSA) is 148 Å². The molecule has 1 saturated heterocycles. The first-order chi connectivity index (χ1) is 20.7. The van der Waals surface area contributed by atoms with Gasteiger partial charge in [-0.15, -0.1) is 0 Å². The molecular weight excluding hydrogens is 540 g/mol. The zero-order chi connectivity index (χ0) is 30.9. The first-order valence-corrected chi connectivity index (χ1v) is 15.0. The molecule has 10 heteroatoms. The van der Waals surface area contributed by atoms with Gasteiger partial charge < -0.3 is 32.0 Å². The van der Waals surface area contributed by atoms with Gasteiger partial charge in [0.25, 0.3) is 5.91 Å². The van der Waals surface area contributed by atoms with E-state index in [2.05, 4.69) is 51.3 Å². The Morgan fingerprint density at radius 3 is 2.35 bits per heavy atom. The van der Waals surface area contributed by atoms with Gasteiger partial charge in [-0.2, -0.15) is 10.4 Å². The molecule has 2 aromatic carbocycles. The summed E-state index contributed by atoms with van der Waals surface area (Å²) in [4.78, 5) is 27.7. The van der Waals surface area contributed by atoms with Crippen LogP contribution >= 0.6 is 0 Å². The minimum Gasteiger partial charge on any atom is -0.388 e. The molecule has 2 fully saturated rings. The van der Waals surface area contributed by atoms with Crippen molar-refractivity contribution in [2.24, 2.45) is 16.8 Å². The first kappa shape index (κ1) is 30.1. The number of amides is 2. The van der Waals surface area contributed by atoms with E-state index in [0.717, 1.165) is 52.8 Å². The molecule has 2 aromatic rings. The smallest absolute Gasteiger partial charge is 0.251 e. The molecule has 0 aromatic heterocycles. The zero-order valence-corrected chi connectivity index (χ0v) is 25.5. The summed E-state index contributed by atoms with van der Waals surface area (Å²) in [6.07, 6.45) is 3.73. The highest BCUT2D eigenvalue weighted by Crippen LogP contribution is 2.48. The Labute approximate surface area is 253 Å². The minimum atomic E-state index is -0.856. The number of nitrogens with two attached hydrogens (primary N) is 1. The molecule has 10 nitrogen and oxygen atoms in total. The Bertz CT molecular complexity index is 1440. The van der Waals surface area contributed by atoms with Gasteiger partial charge in [-0.1, -0.05) is 24.8 Å². The summed E-state index contributed by atoms with van der Waals surface area (Å²) in [6.45, 7) is 6.34. The van der Waals surface area contributed by atoms with Crippen LogP contribution < -0.4 is 27.1 Å². The molecule has 2 amide bonds. The van der Waals surface area contributed by atoms with Crippen LogP contribution in [-0.4, -0.2) is 68.4 Å². The van der Waals surface area contributed by atoms with E-state index in [0.29, 0.717) is 30.2 Å². The Kier molecular flexibility index (Phi) is 8.47. The summed E-state index contributed by atoms with van der Waals surface area (Å²) in [5.41, 5.74) is 15.5. The number of nitriles is 1. The average Bonchev–Trinajstić information content (AvgIpc) is 3.71. The molecule has 0 spiro atoms. The number of aryl methyl sites for hydroxylation is 2. The quantitative estimate of drug-likeness (QED) is 0.164. The number of likely N-dealkylation sites (tertiary alicyclic amines) is 1. The number of amidine groups is 1. The second-order valence-corrected chi connectivity index (χ2v) is 11.9. The van der Waals surface area contributed by atoms with Crippen molar-refractivity contribution in [3.8, 4) is 6.07 Å². The van der Waals surface area contributed by atoms with E-state index in [1.165, 1.54) is 0 Å². The van der Waals surface area contributed by atoms with Gasteiger partial charge in [0.2, 0.25) is 5.91 Å². The maximum atomic E-state index is 13.3. The lowest BCUT2D eigenvalue weighted by Crippen LogP contribution is -2.50. The molecule has 3 aliphatic rings. The van der Waals surface area contributed by atoms with Crippen LogP contribution in [0.5, 0.6) is 0 Å². The van der Waals surface area contributed by atoms with Crippen LogP contribution in [-0.2, 0) is 23.1 Å². The number of rotatable bonds is 10. The number of carbonyl (C=O) groups is 2. The second-order valence-electron chi connectivity index (χ2n) is 11.9. The molecule has 0 radical (unpaired) electrons. The fourth-order valence-corrected chi connectivity index (χ4v) is 7.10. The largest absolute Gasteiger partial charge is 0.388 e. The van der Waals surface area contributed by atoms with E-state index in [-0.39, 0.29) is 36.5 Å². The molecular formula is C33H42N8O2. The third-order valence-electron chi connectivity index (χ3n) is 9.36. The van der Waals surface area contributed by atoms with E-state index >= 15 is 0 Å². The minimum absolute atomic E-state index is 0.0404. The van der Waals surface area contributed by atoms with Crippen molar-refractivity contribution >= 4 is 23.3 Å².